The molecule has 0 bridgehead atoms. The molecular weight excluding hydrogens is 612 g/mol. The van der Waals surface area contributed by atoms with Crippen molar-refractivity contribution in [1.29, 1.82) is 0 Å². The van der Waals surface area contributed by atoms with Crippen LogP contribution in [0.4, 0.5) is 0 Å². The van der Waals surface area contributed by atoms with Gasteiger partial charge in [0.2, 0.25) is 0 Å². The lowest BCUT2D eigenvalue weighted by atomic mass is 10.1. The molecule has 15 heteroatoms. The summed E-state index contributed by atoms with van der Waals surface area (Å²) in [5.41, 5.74) is -1.48. The number of para-hydroxylation sites is 1. The topological polar surface area (TPSA) is 178 Å². The van der Waals surface area contributed by atoms with Crippen molar-refractivity contribution < 1.29 is 38.1 Å². The van der Waals surface area contributed by atoms with Crippen LogP contribution in [0.3, 0.4) is 0 Å². The summed E-state index contributed by atoms with van der Waals surface area (Å²) in [7, 11) is -4.25. The third-order valence-electron chi connectivity index (χ3n) is 4.96. The quantitative estimate of drug-likeness (QED) is 0.126. The molecule has 1 fully saturated rings. The number of aromatic amines is 1. The summed E-state index contributed by atoms with van der Waals surface area (Å²) in [4.78, 5) is 38.1. The number of carbonyl (C=O) groups is 1. The molecule has 2 heterocycles. The monoisotopic (exact) mass is 639 g/mol. The normalized spacial score (nSPS) is 24.3. The first-order valence-electron chi connectivity index (χ1n) is 10.9. The highest BCUT2D eigenvalue weighted by Gasteiger charge is 2.46. The highest BCUT2D eigenvalue weighted by molar-refractivity contribution is 14.1. The minimum absolute atomic E-state index is 0.163. The van der Waals surface area contributed by atoms with E-state index in [0.29, 0.717) is 0 Å². The molecule has 4 N–H and O–H groups in total. The zero-order valence-electron chi connectivity index (χ0n) is 19.6. The number of benzene rings is 1. The van der Waals surface area contributed by atoms with Gasteiger partial charge in [0.1, 0.15) is 30.1 Å². The lowest BCUT2D eigenvalue weighted by molar-refractivity contribution is -0.149. The lowest BCUT2D eigenvalue weighted by Gasteiger charge is -2.25. The fourth-order valence-electron chi connectivity index (χ4n) is 3.30. The van der Waals surface area contributed by atoms with Crippen molar-refractivity contribution in [2.75, 3.05) is 6.61 Å². The lowest BCUT2D eigenvalue weighted by Crippen LogP contribution is -2.39. The maximum absolute atomic E-state index is 13.6. The summed E-state index contributed by atoms with van der Waals surface area (Å²) in [6.45, 7) is 4.19. The molecule has 0 radical (unpaired) electrons. The van der Waals surface area contributed by atoms with Crippen LogP contribution in [0.25, 0.3) is 0 Å². The second-order valence-corrected chi connectivity index (χ2v) is 11.0. The Morgan fingerprint density at radius 1 is 1.22 bits per heavy atom. The average Bonchev–Trinajstić information content (AvgIpc) is 3.06. The van der Waals surface area contributed by atoms with Gasteiger partial charge < -0.3 is 24.2 Å². The number of carbonyl (C=O) groups excluding carboxylic acids is 1. The van der Waals surface area contributed by atoms with Gasteiger partial charge in [-0.1, -0.05) is 18.2 Å². The van der Waals surface area contributed by atoms with Crippen LogP contribution < -0.4 is 20.9 Å². The van der Waals surface area contributed by atoms with Crippen LogP contribution in [-0.4, -0.2) is 62.8 Å². The van der Waals surface area contributed by atoms with Gasteiger partial charge in [0.05, 0.1) is 16.4 Å². The van der Waals surface area contributed by atoms with Crippen LogP contribution in [0.5, 0.6) is 5.75 Å². The number of H-pyrrole nitrogens is 1. The van der Waals surface area contributed by atoms with Crippen LogP contribution in [-0.2, 0) is 23.4 Å². The Balaban J connectivity index is 1.78. The van der Waals surface area contributed by atoms with Crippen molar-refractivity contribution in [3.63, 3.8) is 0 Å². The number of aromatic nitrogens is 2. The van der Waals surface area contributed by atoms with Crippen molar-refractivity contribution in [2.45, 2.75) is 57.5 Å². The van der Waals surface area contributed by atoms with E-state index in [0.717, 1.165) is 10.6 Å². The molecule has 1 aliphatic rings. The molecule has 1 unspecified atom stereocenters. The first-order chi connectivity index (χ1) is 16.9. The van der Waals surface area contributed by atoms with E-state index in [9.17, 15) is 29.2 Å². The predicted octanol–water partition coefficient (Wildman–Crippen LogP) is 0.894. The minimum atomic E-state index is -4.25. The van der Waals surface area contributed by atoms with E-state index < -0.39 is 68.3 Å². The fourth-order valence-corrected chi connectivity index (χ4v) is 5.58. The summed E-state index contributed by atoms with van der Waals surface area (Å²) in [6, 6.07) is 8.10. The second kappa shape index (κ2) is 12.0. The molecule has 198 valence electrons. The molecule has 3 rings (SSSR count). The summed E-state index contributed by atoms with van der Waals surface area (Å²) in [5.74, 6) is -0.511. The molecule has 1 saturated heterocycles. The Hall–Kier alpha value is -2.07. The van der Waals surface area contributed by atoms with Gasteiger partial charge in [0.25, 0.3) is 5.56 Å². The summed E-state index contributed by atoms with van der Waals surface area (Å²) >= 11 is 1.72. The summed E-state index contributed by atoms with van der Waals surface area (Å²) in [6.07, 6.45) is -6.12. The molecule has 1 aliphatic heterocycles. The van der Waals surface area contributed by atoms with Crippen molar-refractivity contribution in [1.82, 2.24) is 14.6 Å². The van der Waals surface area contributed by atoms with Gasteiger partial charge in [-0.15, -0.1) is 0 Å². The Morgan fingerprint density at radius 2 is 1.89 bits per heavy atom. The average molecular weight is 639 g/mol. The number of nitrogens with one attached hydrogen (secondary N) is 2. The number of aliphatic hydroxyl groups excluding tert-OH is 2. The molecule has 6 atom stereocenters. The van der Waals surface area contributed by atoms with E-state index >= 15 is 0 Å². The Bertz CT molecular complexity index is 1220. The number of aliphatic hydroxyl groups is 2. The zero-order chi connectivity index (χ0) is 26.6. The Labute approximate surface area is 219 Å². The van der Waals surface area contributed by atoms with Crippen LogP contribution in [0, 0.1) is 3.70 Å². The van der Waals surface area contributed by atoms with Crippen LogP contribution in [0.15, 0.2) is 46.0 Å². The number of esters is 1. The van der Waals surface area contributed by atoms with E-state index in [1.165, 1.54) is 19.1 Å². The van der Waals surface area contributed by atoms with Gasteiger partial charge in [-0.2, -0.15) is 5.09 Å². The zero-order valence-corrected chi connectivity index (χ0v) is 22.6. The number of ether oxygens (including phenoxy) is 2. The van der Waals surface area contributed by atoms with Crippen LogP contribution in [0.1, 0.15) is 27.0 Å². The first kappa shape index (κ1) is 28.5. The van der Waals surface area contributed by atoms with Crippen molar-refractivity contribution in [2.24, 2.45) is 0 Å². The molecule has 2 aromatic rings. The molecular formula is C21H27IN3O10P. The number of hydrogen-bond acceptors (Lipinski definition) is 10. The number of hydrogen-bond donors (Lipinski definition) is 4. The highest BCUT2D eigenvalue weighted by Crippen LogP contribution is 2.46. The van der Waals surface area contributed by atoms with Gasteiger partial charge in [-0.05, 0) is 55.5 Å². The third kappa shape index (κ3) is 7.03. The maximum Gasteiger partial charge on any atom is 0.459 e. The Kier molecular flexibility index (Phi) is 9.49. The van der Waals surface area contributed by atoms with Crippen LogP contribution >= 0.6 is 30.3 Å². The molecule has 36 heavy (non-hydrogen) atoms. The van der Waals surface area contributed by atoms with Gasteiger partial charge >= 0.3 is 19.4 Å². The SMILES string of the molecule is CC(C)OC(=O)[C@H](C)NP(=O)(OC[C@H]1O[C@@H](n2c(I)cc(=O)[nH]c2=O)[C@H](O)[C@@H]1O)Oc1ccccc1. The molecule has 0 saturated carbocycles. The minimum Gasteiger partial charge on any atom is -0.462 e. The van der Waals surface area contributed by atoms with E-state index in [4.69, 9.17) is 18.5 Å². The first-order valence-corrected chi connectivity index (χ1v) is 13.5. The number of nitrogens with zero attached hydrogens (tertiary/aromatic N) is 1. The van der Waals surface area contributed by atoms with E-state index in [-0.39, 0.29) is 9.45 Å². The van der Waals surface area contributed by atoms with Crippen molar-refractivity contribution in [3.05, 3.63) is 60.9 Å². The fraction of sp³-hybridized carbons (Fsp3) is 0.476. The molecule has 0 spiro atoms. The van der Waals surface area contributed by atoms with E-state index in [1.807, 2.05) is 0 Å². The third-order valence-corrected chi connectivity index (χ3v) is 7.43. The summed E-state index contributed by atoms with van der Waals surface area (Å²) in [5, 5.41) is 23.5. The van der Waals surface area contributed by atoms with E-state index in [1.54, 1.807) is 54.6 Å². The standard InChI is InChI=1S/C21H27IN3O10P/c1-11(2)33-20(29)12(3)24-36(31,35-13-7-5-4-6-8-13)32-10-14-17(27)18(28)19(34-14)25-15(22)9-16(26)23-21(25)30/h4-9,11-12,14,17-19,27-28H,10H2,1-3H3,(H,24,31)(H,23,26,30)/t12-,14+,17+,18+,19+,36?/m0/s1. The van der Waals surface area contributed by atoms with Gasteiger partial charge in [-0.25, -0.2) is 9.36 Å². The molecule has 13 nitrogen and oxygen atoms in total. The molecule has 1 aromatic heterocycles. The number of halogens is 1. The van der Waals surface area contributed by atoms with Crippen molar-refractivity contribution >= 4 is 36.3 Å². The summed E-state index contributed by atoms with van der Waals surface area (Å²) < 4.78 is 36.5. The smallest absolute Gasteiger partial charge is 0.459 e. The predicted molar refractivity (Wildman–Crippen MR) is 134 cm³/mol. The molecule has 0 amide bonds. The Morgan fingerprint density at radius 3 is 2.50 bits per heavy atom. The highest BCUT2D eigenvalue weighted by atomic mass is 127. The van der Waals surface area contributed by atoms with Crippen molar-refractivity contribution in [3.8, 4) is 5.75 Å². The van der Waals surface area contributed by atoms with E-state index in [2.05, 4.69) is 10.1 Å². The number of rotatable bonds is 10. The second-order valence-electron chi connectivity index (χ2n) is 8.21. The van der Waals surface area contributed by atoms with Gasteiger partial charge in [-0.3, -0.25) is 23.7 Å². The van der Waals surface area contributed by atoms with Crippen LogP contribution in [0.2, 0.25) is 0 Å². The molecule has 0 aliphatic carbocycles. The maximum atomic E-state index is 13.6. The molecule has 1 aromatic carbocycles. The largest absolute Gasteiger partial charge is 0.462 e. The van der Waals surface area contributed by atoms with Gasteiger partial charge in [0.15, 0.2) is 6.23 Å². The van der Waals surface area contributed by atoms with Gasteiger partial charge in [0, 0.05) is 6.07 Å².